The van der Waals surface area contributed by atoms with E-state index in [0.29, 0.717) is 54.8 Å². The molecule has 0 bridgehead atoms. The van der Waals surface area contributed by atoms with Crippen LogP contribution >= 0.6 is 0 Å². The van der Waals surface area contributed by atoms with Crippen LogP contribution in [0.2, 0.25) is 0 Å². The van der Waals surface area contributed by atoms with Gasteiger partial charge in [0.2, 0.25) is 0 Å². The first kappa shape index (κ1) is 46.7. The summed E-state index contributed by atoms with van der Waals surface area (Å²) >= 11 is 0. The molecule has 4 aromatic rings. The molecule has 0 aliphatic rings. The Morgan fingerprint density at radius 3 is 1.17 bits per heavy atom. The summed E-state index contributed by atoms with van der Waals surface area (Å²) in [6.45, 7) is 10.7. The van der Waals surface area contributed by atoms with Gasteiger partial charge in [0.05, 0.1) is 43.1 Å². The van der Waals surface area contributed by atoms with E-state index in [1.54, 1.807) is 60.7 Å². The Labute approximate surface area is 345 Å². The topological polar surface area (TPSA) is 161 Å². The third kappa shape index (κ3) is 18.9. The molecule has 1 N–H and O–H groups in total. The van der Waals surface area contributed by atoms with Crippen molar-refractivity contribution in [3.05, 3.63) is 145 Å². The van der Waals surface area contributed by atoms with Crippen molar-refractivity contribution in [2.24, 2.45) is 0 Å². The molecule has 0 aliphatic heterocycles. The highest BCUT2D eigenvalue weighted by atomic mass is 16.5. The molecule has 0 aliphatic carbocycles. The Balaban J connectivity index is 0.000000316. The van der Waals surface area contributed by atoms with Gasteiger partial charge in [0.15, 0.2) is 0 Å². The number of benzene rings is 4. The largest absolute Gasteiger partial charge is 0.494 e. The van der Waals surface area contributed by atoms with E-state index in [9.17, 15) is 24.0 Å². The van der Waals surface area contributed by atoms with Crippen LogP contribution in [-0.4, -0.2) is 61.4 Å². The first-order valence-electron chi connectivity index (χ1n) is 19.5. The van der Waals surface area contributed by atoms with Crippen LogP contribution in [0.15, 0.2) is 122 Å². The summed E-state index contributed by atoms with van der Waals surface area (Å²) in [5.74, 6) is -0.587. The Morgan fingerprint density at radius 2 is 0.814 bits per heavy atom. The fraction of sp³-hybridized carbons (Fsp3) is 0.298. The average Bonchev–Trinajstić information content (AvgIpc) is 3.26. The summed E-state index contributed by atoms with van der Waals surface area (Å²) in [7, 11) is 0. The molecule has 12 nitrogen and oxygen atoms in total. The van der Waals surface area contributed by atoms with Crippen molar-refractivity contribution in [1.29, 1.82) is 0 Å². The first-order valence-corrected chi connectivity index (χ1v) is 19.5. The molecule has 4 aromatic carbocycles. The van der Waals surface area contributed by atoms with Gasteiger partial charge in [-0.25, -0.2) is 24.0 Å². The van der Waals surface area contributed by atoms with E-state index in [4.69, 9.17) is 33.5 Å². The summed E-state index contributed by atoms with van der Waals surface area (Å²) in [5, 5.41) is 8.88. The smallest absolute Gasteiger partial charge is 0.343 e. The zero-order valence-corrected chi connectivity index (χ0v) is 33.4. The summed E-state index contributed by atoms with van der Waals surface area (Å²) in [4.78, 5) is 57.0. The number of carboxylic acids is 1. The lowest BCUT2D eigenvalue weighted by atomic mass is 10.2. The number of carboxylic acid groups (broad SMARTS) is 1. The van der Waals surface area contributed by atoms with Crippen LogP contribution in [0.4, 0.5) is 0 Å². The number of esters is 4. The number of hydrogen-bond donors (Lipinski definition) is 1. The molecule has 0 aromatic heterocycles. The second-order valence-electron chi connectivity index (χ2n) is 12.9. The molecule has 0 unspecified atom stereocenters. The summed E-state index contributed by atoms with van der Waals surface area (Å²) in [5.41, 5.74) is 2.15. The van der Waals surface area contributed by atoms with Gasteiger partial charge in [0.25, 0.3) is 0 Å². The number of aromatic carboxylic acids is 1. The highest BCUT2D eigenvalue weighted by molar-refractivity contribution is 5.92. The minimum atomic E-state index is -1.04. The lowest BCUT2D eigenvalue weighted by Gasteiger charge is -2.08. The van der Waals surface area contributed by atoms with Gasteiger partial charge in [-0.3, -0.25) is 0 Å². The van der Waals surface area contributed by atoms with Gasteiger partial charge in [0.1, 0.15) is 23.0 Å². The summed E-state index contributed by atoms with van der Waals surface area (Å²) < 4.78 is 31.8. The lowest BCUT2D eigenvalue weighted by molar-refractivity contribution is -0.138. The van der Waals surface area contributed by atoms with E-state index in [-0.39, 0.29) is 17.3 Å². The maximum atomic E-state index is 12.2. The van der Waals surface area contributed by atoms with Crippen LogP contribution in [0.25, 0.3) is 0 Å². The zero-order chi connectivity index (χ0) is 42.7. The van der Waals surface area contributed by atoms with Crippen LogP contribution in [0.3, 0.4) is 0 Å². The van der Waals surface area contributed by atoms with Gasteiger partial charge in [-0.05, 0) is 148 Å². The molecule has 0 spiro atoms. The molecule has 12 heteroatoms. The normalized spacial score (nSPS) is 10.2. The van der Waals surface area contributed by atoms with Crippen LogP contribution < -0.4 is 18.9 Å². The van der Waals surface area contributed by atoms with E-state index < -0.39 is 23.9 Å². The highest BCUT2D eigenvalue weighted by Gasteiger charge is 2.11. The third-order valence-electron chi connectivity index (χ3n) is 8.47. The van der Waals surface area contributed by atoms with Crippen LogP contribution in [0.1, 0.15) is 94.9 Å². The van der Waals surface area contributed by atoms with E-state index in [1.807, 2.05) is 12.1 Å². The number of carbonyl (C=O) groups excluding carboxylic acids is 4. The molecule has 0 fully saturated rings. The van der Waals surface area contributed by atoms with Gasteiger partial charge < -0.3 is 33.5 Å². The number of rotatable bonds is 24. The minimum absolute atomic E-state index is 0.118. The van der Waals surface area contributed by atoms with Gasteiger partial charge in [-0.2, -0.15) is 0 Å². The molecule has 0 radical (unpaired) electrons. The van der Waals surface area contributed by atoms with Crippen molar-refractivity contribution < 1.29 is 57.5 Å². The van der Waals surface area contributed by atoms with E-state index in [1.165, 1.54) is 35.9 Å². The average molecular weight is 809 g/mol. The summed E-state index contributed by atoms with van der Waals surface area (Å²) in [6.07, 6.45) is 10.5. The second-order valence-corrected chi connectivity index (χ2v) is 12.9. The molecule has 0 heterocycles. The van der Waals surface area contributed by atoms with Crippen molar-refractivity contribution in [1.82, 2.24) is 0 Å². The van der Waals surface area contributed by atoms with Crippen molar-refractivity contribution >= 4 is 29.8 Å². The van der Waals surface area contributed by atoms with Crippen molar-refractivity contribution in [3.63, 3.8) is 0 Å². The molecule has 0 amide bonds. The fourth-order valence-corrected chi connectivity index (χ4v) is 5.12. The van der Waals surface area contributed by atoms with Crippen molar-refractivity contribution in [2.45, 2.75) is 64.7 Å². The molecule has 0 saturated carbocycles. The van der Waals surface area contributed by atoms with Gasteiger partial charge in [-0.15, -0.1) is 0 Å². The standard InChI is InChI=1S/C24H28O5.C23H24O7/c1-3-19-9-13-22(14-10-19)29-24(26)20-11-15-21(16-12-20)27-17-7-5-6-8-18-28-23(25)4-2;1-2-21(24)29-16-6-4-3-5-15-28-19-11-9-18(10-12-19)23(27)30-20-13-7-17(8-14-20)22(25)26/h4,9-16H,2-3,5-8,17-18H2,1H3;2,7-14H,1,3-6,15-16H2,(H,25,26). The Hall–Kier alpha value is -6.69. The molecule has 4 rings (SSSR count). The number of aryl methyl sites for hydroxylation is 1. The maximum absolute atomic E-state index is 12.2. The number of carbonyl (C=O) groups is 5. The SMILES string of the molecule is C=CC(=O)OCCCCCCOc1ccc(C(=O)Oc2ccc(C(=O)O)cc2)cc1.C=CC(=O)OCCCCCCOc1ccc(C(=O)Oc2ccc(CC)cc2)cc1. The third-order valence-corrected chi connectivity index (χ3v) is 8.47. The Kier molecular flexibility index (Phi) is 21.4. The van der Waals surface area contributed by atoms with Crippen LogP contribution in [0.5, 0.6) is 23.0 Å². The molecule has 0 atom stereocenters. The highest BCUT2D eigenvalue weighted by Crippen LogP contribution is 2.19. The van der Waals surface area contributed by atoms with E-state index >= 15 is 0 Å². The number of ether oxygens (including phenoxy) is 6. The minimum Gasteiger partial charge on any atom is -0.494 e. The predicted molar refractivity (Wildman–Crippen MR) is 222 cm³/mol. The Morgan fingerprint density at radius 1 is 0.475 bits per heavy atom. The number of unbranched alkanes of at least 4 members (excludes halogenated alkanes) is 6. The quantitative estimate of drug-likeness (QED) is 0.0310. The summed E-state index contributed by atoms with van der Waals surface area (Å²) in [6, 6.07) is 26.7. The molecule has 312 valence electrons. The first-order chi connectivity index (χ1) is 28.6. The van der Waals surface area contributed by atoms with Crippen molar-refractivity contribution in [3.8, 4) is 23.0 Å². The second kappa shape index (κ2) is 27.0. The van der Waals surface area contributed by atoms with Crippen LogP contribution in [-0.2, 0) is 25.5 Å². The van der Waals surface area contributed by atoms with Crippen LogP contribution in [0, 0.1) is 0 Å². The predicted octanol–water partition coefficient (Wildman–Crippen LogP) is 9.41. The number of hydrogen-bond acceptors (Lipinski definition) is 11. The molecule has 59 heavy (non-hydrogen) atoms. The molecular weight excluding hydrogens is 757 g/mol. The Bertz CT molecular complexity index is 1920. The van der Waals surface area contributed by atoms with Gasteiger partial charge >= 0.3 is 29.8 Å². The molecule has 0 saturated heterocycles. The monoisotopic (exact) mass is 808 g/mol. The fourth-order valence-electron chi connectivity index (χ4n) is 5.12. The maximum Gasteiger partial charge on any atom is 0.343 e. The zero-order valence-electron chi connectivity index (χ0n) is 33.4. The lowest BCUT2D eigenvalue weighted by Crippen LogP contribution is -2.08. The van der Waals surface area contributed by atoms with E-state index in [0.717, 1.165) is 63.9 Å². The van der Waals surface area contributed by atoms with Gasteiger partial charge in [-0.1, -0.05) is 32.2 Å². The van der Waals surface area contributed by atoms with Gasteiger partial charge in [0, 0.05) is 12.2 Å². The van der Waals surface area contributed by atoms with E-state index in [2.05, 4.69) is 20.1 Å². The van der Waals surface area contributed by atoms with Crippen molar-refractivity contribution in [2.75, 3.05) is 26.4 Å². The molecular formula is C47H52O12.